The van der Waals surface area contributed by atoms with Gasteiger partial charge in [-0.3, -0.25) is 0 Å². The molecule has 7 rings (SSSR count). The van der Waals surface area contributed by atoms with Crippen LogP contribution in [0, 0.1) is 0 Å². The lowest BCUT2D eigenvalue weighted by Gasteiger charge is -2.40. The summed E-state index contributed by atoms with van der Waals surface area (Å²) in [5.74, 6) is 0. The number of halogens is 1. The fraction of sp³-hybridized carbons (Fsp3) is 0.0526. The van der Waals surface area contributed by atoms with E-state index in [1.807, 2.05) is 60.7 Å². The summed E-state index contributed by atoms with van der Waals surface area (Å²) in [5.41, 5.74) is 7.58. The summed E-state index contributed by atoms with van der Waals surface area (Å²) in [6, 6.07) is 54.6. The highest BCUT2D eigenvalue weighted by Crippen LogP contribution is 2.58. The van der Waals surface area contributed by atoms with E-state index in [4.69, 9.17) is 0 Å². The van der Waals surface area contributed by atoms with Gasteiger partial charge >= 0.3 is 0 Å². The first kappa shape index (κ1) is 24.8. The predicted octanol–water partition coefficient (Wildman–Crippen LogP) is 9.10. The Kier molecular flexibility index (Phi) is 6.04. The lowest BCUT2D eigenvalue weighted by molar-refractivity contribution is 0.124. The lowest BCUT2D eigenvalue weighted by Crippen LogP contribution is -2.36. The standard InChI is InChI=1S/C38H27BrO/c39-30-19-13-18-29(26-30)38(40,28-16-5-2-6-17-28)36-25-12-11-24-35(36)37(27-14-3-1-4-15-27)33-22-9-7-20-31(33)32-21-8-10-23-34(32)37/h1-26,40H. The molecule has 0 radical (unpaired) electrons. The van der Waals surface area contributed by atoms with E-state index in [0.29, 0.717) is 0 Å². The van der Waals surface area contributed by atoms with Gasteiger partial charge in [-0.05, 0) is 62.2 Å². The lowest BCUT2D eigenvalue weighted by atomic mass is 9.63. The van der Waals surface area contributed by atoms with E-state index in [0.717, 1.165) is 26.7 Å². The molecule has 40 heavy (non-hydrogen) atoms. The Morgan fingerprint density at radius 1 is 0.475 bits per heavy atom. The molecule has 1 aliphatic carbocycles. The minimum absolute atomic E-state index is 0.625. The highest BCUT2D eigenvalue weighted by molar-refractivity contribution is 9.10. The molecule has 1 nitrogen and oxygen atoms in total. The van der Waals surface area contributed by atoms with E-state index in [1.54, 1.807) is 0 Å². The minimum atomic E-state index is -1.41. The van der Waals surface area contributed by atoms with Crippen LogP contribution in [-0.2, 0) is 11.0 Å². The largest absolute Gasteiger partial charge is 0.376 e. The summed E-state index contributed by atoms with van der Waals surface area (Å²) < 4.78 is 0.922. The Balaban J connectivity index is 1.64. The normalized spacial score (nSPS) is 14.7. The number of hydrogen-bond donors (Lipinski definition) is 1. The second-order valence-electron chi connectivity index (χ2n) is 10.3. The van der Waals surface area contributed by atoms with Gasteiger partial charge in [0.15, 0.2) is 0 Å². The van der Waals surface area contributed by atoms with Crippen molar-refractivity contribution in [3.8, 4) is 11.1 Å². The Labute approximate surface area is 243 Å². The number of hydrogen-bond acceptors (Lipinski definition) is 1. The fourth-order valence-corrected chi connectivity index (χ4v) is 7.08. The van der Waals surface area contributed by atoms with Crippen LogP contribution >= 0.6 is 15.9 Å². The Morgan fingerprint density at radius 2 is 0.975 bits per heavy atom. The summed E-state index contributed by atoms with van der Waals surface area (Å²) in [5, 5.41) is 13.1. The molecule has 0 spiro atoms. The van der Waals surface area contributed by atoms with Crippen LogP contribution in [0.3, 0.4) is 0 Å². The van der Waals surface area contributed by atoms with Gasteiger partial charge in [0, 0.05) is 4.47 Å². The van der Waals surface area contributed by atoms with Gasteiger partial charge in [-0.2, -0.15) is 0 Å². The third-order valence-corrected chi connectivity index (χ3v) is 8.81. The van der Waals surface area contributed by atoms with E-state index in [-0.39, 0.29) is 0 Å². The van der Waals surface area contributed by atoms with Crippen molar-refractivity contribution in [1.82, 2.24) is 0 Å². The molecule has 2 heteroatoms. The quantitative estimate of drug-likeness (QED) is 0.202. The first-order chi connectivity index (χ1) is 19.6. The molecule has 1 unspecified atom stereocenters. The summed E-state index contributed by atoms with van der Waals surface area (Å²) in [6.07, 6.45) is 0. The van der Waals surface area contributed by atoms with Crippen molar-refractivity contribution in [2.75, 3.05) is 0 Å². The van der Waals surface area contributed by atoms with Crippen molar-refractivity contribution < 1.29 is 5.11 Å². The molecule has 192 valence electrons. The second kappa shape index (κ2) is 9.75. The SMILES string of the molecule is OC(c1ccccc1)(c1cccc(Br)c1)c1ccccc1C1(c2ccccc2)c2ccccc2-c2ccccc21. The minimum Gasteiger partial charge on any atom is -0.376 e. The topological polar surface area (TPSA) is 20.2 Å². The van der Waals surface area contributed by atoms with E-state index in [1.165, 1.54) is 27.8 Å². The van der Waals surface area contributed by atoms with Crippen LogP contribution in [0.1, 0.15) is 38.9 Å². The maximum Gasteiger partial charge on any atom is 0.140 e. The van der Waals surface area contributed by atoms with Crippen LogP contribution < -0.4 is 0 Å². The van der Waals surface area contributed by atoms with Crippen molar-refractivity contribution in [3.63, 3.8) is 0 Å². The fourth-order valence-electron chi connectivity index (χ4n) is 6.68. The van der Waals surface area contributed by atoms with Crippen molar-refractivity contribution in [1.29, 1.82) is 0 Å². The first-order valence-electron chi connectivity index (χ1n) is 13.5. The highest BCUT2D eigenvalue weighted by Gasteiger charge is 2.49. The number of fused-ring (bicyclic) bond motifs is 3. The van der Waals surface area contributed by atoms with Gasteiger partial charge < -0.3 is 5.11 Å². The average molecular weight is 580 g/mol. The molecular formula is C38H27BrO. The van der Waals surface area contributed by atoms with Gasteiger partial charge in [-0.25, -0.2) is 0 Å². The zero-order valence-electron chi connectivity index (χ0n) is 21.8. The van der Waals surface area contributed by atoms with Gasteiger partial charge in [-0.1, -0.05) is 162 Å². The Morgan fingerprint density at radius 3 is 1.60 bits per heavy atom. The molecule has 6 aromatic carbocycles. The van der Waals surface area contributed by atoms with Gasteiger partial charge in [0.1, 0.15) is 5.60 Å². The third kappa shape index (κ3) is 3.57. The number of rotatable bonds is 5. The summed E-state index contributed by atoms with van der Waals surface area (Å²) in [4.78, 5) is 0. The van der Waals surface area contributed by atoms with E-state index >= 15 is 0 Å². The molecule has 0 fully saturated rings. The zero-order valence-corrected chi connectivity index (χ0v) is 23.4. The zero-order chi connectivity index (χ0) is 27.2. The molecule has 0 heterocycles. The molecular weight excluding hydrogens is 552 g/mol. The highest BCUT2D eigenvalue weighted by atomic mass is 79.9. The molecule has 1 aliphatic rings. The Hall–Kier alpha value is -4.24. The second-order valence-corrected chi connectivity index (χ2v) is 11.3. The molecule has 6 aromatic rings. The summed E-state index contributed by atoms with van der Waals surface area (Å²) >= 11 is 3.66. The van der Waals surface area contributed by atoms with Gasteiger partial charge in [0.05, 0.1) is 5.41 Å². The van der Waals surface area contributed by atoms with Gasteiger partial charge in [0.2, 0.25) is 0 Å². The van der Waals surface area contributed by atoms with E-state index in [9.17, 15) is 5.11 Å². The molecule has 0 amide bonds. The first-order valence-corrected chi connectivity index (χ1v) is 14.3. The molecule has 1 N–H and O–H groups in total. The smallest absolute Gasteiger partial charge is 0.140 e. The van der Waals surface area contributed by atoms with Crippen LogP contribution in [0.5, 0.6) is 0 Å². The summed E-state index contributed by atoms with van der Waals surface area (Å²) in [7, 11) is 0. The third-order valence-electron chi connectivity index (χ3n) is 8.31. The number of aliphatic hydroxyl groups is 1. The van der Waals surface area contributed by atoms with Crippen LogP contribution in [0.25, 0.3) is 11.1 Å². The number of benzene rings is 6. The molecule has 0 saturated heterocycles. The van der Waals surface area contributed by atoms with Gasteiger partial charge in [0.25, 0.3) is 0 Å². The van der Waals surface area contributed by atoms with Crippen LogP contribution in [-0.4, -0.2) is 5.11 Å². The summed E-state index contributed by atoms with van der Waals surface area (Å²) in [6.45, 7) is 0. The van der Waals surface area contributed by atoms with Crippen molar-refractivity contribution in [3.05, 3.63) is 201 Å². The molecule has 1 atom stereocenters. The maximum absolute atomic E-state index is 13.1. The van der Waals surface area contributed by atoms with Crippen LogP contribution in [0.4, 0.5) is 0 Å². The van der Waals surface area contributed by atoms with Crippen molar-refractivity contribution >= 4 is 15.9 Å². The van der Waals surface area contributed by atoms with E-state index < -0.39 is 11.0 Å². The monoisotopic (exact) mass is 578 g/mol. The van der Waals surface area contributed by atoms with Gasteiger partial charge in [-0.15, -0.1) is 0 Å². The molecule has 0 saturated carbocycles. The van der Waals surface area contributed by atoms with Crippen LogP contribution in [0.2, 0.25) is 0 Å². The van der Waals surface area contributed by atoms with E-state index in [2.05, 4.69) is 113 Å². The Bertz CT molecular complexity index is 1780. The molecule has 0 aromatic heterocycles. The molecule has 0 bridgehead atoms. The van der Waals surface area contributed by atoms with Crippen LogP contribution in [0.15, 0.2) is 162 Å². The van der Waals surface area contributed by atoms with Crippen molar-refractivity contribution in [2.24, 2.45) is 0 Å². The molecule has 0 aliphatic heterocycles. The average Bonchev–Trinajstić information content (AvgIpc) is 3.33. The maximum atomic E-state index is 13.1. The van der Waals surface area contributed by atoms with Crippen molar-refractivity contribution in [2.45, 2.75) is 11.0 Å². The predicted molar refractivity (Wildman–Crippen MR) is 166 cm³/mol.